The van der Waals surface area contributed by atoms with Crippen LogP contribution in [0.25, 0.3) is 40.3 Å². The van der Waals surface area contributed by atoms with Crippen LogP contribution in [0.15, 0.2) is 39.4 Å². The Balaban J connectivity index is 0.000000287. The number of fused-ring (bicyclic) bond motifs is 4. The van der Waals surface area contributed by atoms with Gasteiger partial charge < -0.3 is 18.9 Å². The summed E-state index contributed by atoms with van der Waals surface area (Å²) in [5, 5.41) is 4.35. The number of rotatable bonds is 48. The van der Waals surface area contributed by atoms with Crippen molar-refractivity contribution in [3.05, 3.63) is 61.7 Å². The Morgan fingerprint density at radius 1 is 0.337 bits per heavy atom. The van der Waals surface area contributed by atoms with Gasteiger partial charge in [-0.15, -0.1) is 45.3 Å². The van der Waals surface area contributed by atoms with Crippen LogP contribution >= 0.6 is 146 Å². The molecule has 0 aliphatic carbocycles. The summed E-state index contributed by atoms with van der Waals surface area (Å²) in [6, 6.07) is 8.72. The Morgan fingerprint density at radius 2 is 0.554 bits per heavy atom. The molecule has 6 heterocycles. The molecule has 2 aromatic carbocycles. The first kappa shape index (κ1) is 81.8. The Bertz CT molecular complexity index is 2720. The normalized spacial score (nSPS) is 14.5. The molecule has 0 atom stereocenters. The fourth-order valence-corrected chi connectivity index (χ4v) is 20.8. The third-order valence-corrected chi connectivity index (χ3v) is 25.5. The molecule has 6 nitrogen and oxygen atoms in total. The molecule has 0 amide bonds. The molecule has 0 unspecified atom stereocenters. The average molecular weight is 1820 g/mol. The summed E-state index contributed by atoms with van der Waals surface area (Å²) >= 11 is 26.1. The van der Waals surface area contributed by atoms with E-state index in [-0.39, 0.29) is 11.6 Å². The predicted molar refractivity (Wildman–Crippen MR) is 435 cm³/mol. The number of Topliss-reactive ketones (excluding diaryl/α,β-unsaturated/α-hetero) is 2. The minimum atomic E-state index is -0.721. The van der Waals surface area contributed by atoms with Gasteiger partial charge in [-0.1, -0.05) is 259 Å². The lowest BCUT2D eigenvalue weighted by atomic mass is 9.88. The van der Waals surface area contributed by atoms with Crippen LogP contribution in [-0.4, -0.2) is 38.0 Å². The number of benzene rings is 2. The van der Waals surface area contributed by atoms with Crippen LogP contribution in [0.5, 0.6) is 0 Å². The van der Waals surface area contributed by atoms with Crippen molar-refractivity contribution >= 4 is 198 Å². The zero-order valence-corrected chi connectivity index (χ0v) is 70.5. The summed E-state index contributed by atoms with van der Waals surface area (Å²) in [7, 11) is 0. The number of carbonyl (C=O) groups is 2. The molecule has 0 spiro atoms. The van der Waals surface area contributed by atoms with Gasteiger partial charge in [-0.3, -0.25) is 9.59 Å². The molecular formula is C76H112Br4I2O6S4. The fourth-order valence-electron chi connectivity index (χ4n) is 14.0. The van der Waals surface area contributed by atoms with Crippen LogP contribution in [0.1, 0.15) is 342 Å². The minimum Gasteiger partial charge on any atom is -0.343 e. The fraction of sp³-hybridized carbons (Fsp3) is 0.711. The molecule has 0 radical (unpaired) electrons. The Morgan fingerprint density at radius 3 is 0.815 bits per heavy atom. The lowest BCUT2D eigenvalue weighted by Crippen LogP contribution is -2.30. The summed E-state index contributed by atoms with van der Waals surface area (Å²) in [6.45, 7) is 11.6. The number of thiophene rings is 4. The van der Waals surface area contributed by atoms with E-state index in [1.54, 1.807) is 45.3 Å². The summed E-state index contributed by atoms with van der Waals surface area (Å²) in [4.78, 5) is 27.3. The van der Waals surface area contributed by atoms with Crippen LogP contribution < -0.4 is 0 Å². The van der Waals surface area contributed by atoms with Crippen molar-refractivity contribution < 1.29 is 28.5 Å². The Labute approximate surface area is 629 Å². The minimum absolute atomic E-state index is 0.220. The molecule has 2 saturated heterocycles. The maximum atomic E-state index is 13.7. The smallest absolute Gasteiger partial charge is 0.197 e. The monoisotopic (exact) mass is 1820 g/mol. The molecule has 0 bridgehead atoms. The van der Waals surface area contributed by atoms with E-state index in [9.17, 15) is 9.59 Å². The van der Waals surface area contributed by atoms with Crippen LogP contribution in [0.3, 0.4) is 0 Å². The van der Waals surface area contributed by atoms with Gasteiger partial charge in [-0.25, -0.2) is 0 Å². The topological polar surface area (TPSA) is 71.1 Å². The summed E-state index contributed by atoms with van der Waals surface area (Å²) < 4.78 is 35.3. The molecule has 0 saturated carbocycles. The lowest BCUT2D eigenvalue weighted by Gasteiger charge is -2.33. The van der Waals surface area contributed by atoms with Crippen LogP contribution in [-0.2, 0) is 30.5 Å². The number of unbranched alkanes of at least 4 members (excludes halogenated alkanes) is 36. The van der Waals surface area contributed by atoms with E-state index in [0.29, 0.717) is 39.3 Å². The second-order valence-corrected chi connectivity index (χ2v) is 35.9. The molecule has 2 aliphatic rings. The van der Waals surface area contributed by atoms with E-state index in [1.165, 1.54) is 250 Å². The van der Waals surface area contributed by atoms with E-state index in [1.807, 2.05) is 0 Å². The van der Waals surface area contributed by atoms with Crippen molar-refractivity contribution in [1.29, 1.82) is 0 Å². The summed E-state index contributed by atoms with van der Waals surface area (Å²) in [6.07, 6.45) is 54.5. The first-order valence-electron chi connectivity index (χ1n) is 36.5. The third kappa shape index (κ3) is 25.7. The van der Waals surface area contributed by atoms with Gasteiger partial charge >= 0.3 is 0 Å². The van der Waals surface area contributed by atoms with E-state index in [4.69, 9.17) is 18.9 Å². The molecule has 0 N–H and O–H groups in total. The van der Waals surface area contributed by atoms with Gasteiger partial charge in [-0.05, 0) is 114 Å². The Hall–Kier alpha value is 0.840. The highest BCUT2D eigenvalue weighted by Gasteiger charge is 2.47. The number of ketones is 2. The third-order valence-electron chi connectivity index (χ3n) is 18.9. The number of hydrogen-bond acceptors (Lipinski definition) is 10. The van der Waals surface area contributed by atoms with Crippen LogP contribution in [0, 0.1) is 0 Å². The zero-order chi connectivity index (χ0) is 65.8. The van der Waals surface area contributed by atoms with Crippen molar-refractivity contribution in [1.82, 2.24) is 0 Å². The SMILES string of the molecule is CCCCCCCCCCCCC(=O)c1c2cc(Br)sc2c(C(=O)CCCCCCCCCCCC)c2cc(Br)sc12.CCCCCCCCCCCCC1(c2c3cc(Br)sc3c(C3(CCCCCCCCCCCC)OCCO3)c3cc(Br)sc23)OCCO1.II. The highest BCUT2D eigenvalue weighted by atomic mass is 128. The molecule has 518 valence electrons. The molecule has 2 fully saturated rings. The van der Waals surface area contributed by atoms with Crippen LogP contribution in [0.4, 0.5) is 0 Å². The maximum Gasteiger partial charge on any atom is 0.197 e. The molecular weight excluding hydrogens is 1710 g/mol. The Kier molecular flexibility index (Phi) is 41.9. The van der Waals surface area contributed by atoms with Gasteiger partial charge in [0.2, 0.25) is 0 Å². The van der Waals surface area contributed by atoms with Crippen molar-refractivity contribution in [3.8, 4) is 0 Å². The molecule has 8 rings (SSSR count). The van der Waals surface area contributed by atoms with Crippen LogP contribution in [0.2, 0.25) is 0 Å². The highest BCUT2D eigenvalue weighted by Crippen LogP contribution is 2.55. The quantitative estimate of drug-likeness (QED) is 0.0215. The van der Waals surface area contributed by atoms with E-state index >= 15 is 0 Å². The largest absolute Gasteiger partial charge is 0.343 e. The first-order chi connectivity index (χ1) is 45.0. The second kappa shape index (κ2) is 47.1. The van der Waals surface area contributed by atoms with Crippen molar-refractivity contribution in [2.75, 3.05) is 26.4 Å². The van der Waals surface area contributed by atoms with Crippen molar-refractivity contribution in [2.45, 2.75) is 322 Å². The molecule has 16 heteroatoms. The standard InChI is InChI=1S/C40H60Br2O4S2.C36H52Br2O2S2.I2/c1-3-5-7-9-11-13-15-17-19-21-23-39(43-25-26-44-39)35-31-29-33(41)48-38(31)36(32-30-34(42)47-37(32)35)40(45-27-28-46-40)24-22-20-18-16-14-12-10-8-6-4-2;1-3-5-7-9-11-13-15-17-19-21-23-29(39)33-27-25-31(37)42-36(27)34(28-26-32(38)41-35(28)33)30(40)24-22-20-18-16-14-12-10-8-6-4-2;1-2/h29-30H,3-28H2,1-2H3;25-26H,3-24H2,1-2H3;. The van der Waals surface area contributed by atoms with Gasteiger partial charge in [0.15, 0.2) is 23.1 Å². The van der Waals surface area contributed by atoms with Gasteiger partial charge in [0, 0.05) is 126 Å². The zero-order valence-electron chi connectivity index (χ0n) is 56.6. The number of carbonyl (C=O) groups excluding carboxylic acids is 2. The van der Waals surface area contributed by atoms with E-state index in [2.05, 4.69) is 153 Å². The highest BCUT2D eigenvalue weighted by molar-refractivity contribution is 15.0. The van der Waals surface area contributed by atoms with Gasteiger partial charge in [0.1, 0.15) is 0 Å². The molecule has 4 aromatic heterocycles. The average Bonchev–Trinajstić information content (AvgIpc) is 1.51. The summed E-state index contributed by atoms with van der Waals surface area (Å²) in [5.74, 6) is -1.00. The maximum absolute atomic E-state index is 13.7. The predicted octanol–water partition coefficient (Wildman–Crippen LogP) is 31.1. The lowest BCUT2D eigenvalue weighted by molar-refractivity contribution is -0.171. The van der Waals surface area contributed by atoms with Crippen molar-refractivity contribution in [3.63, 3.8) is 0 Å². The van der Waals surface area contributed by atoms with E-state index in [0.717, 1.165) is 97.8 Å². The first-order valence-corrected chi connectivity index (χ1v) is 49.2. The van der Waals surface area contributed by atoms with Gasteiger partial charge in [0.25, 0.3) is 0 Å². The number of hydrogen-bond donors (Lipinski definition) is 0. The van der Waals surface area contributed by atoms with Crippen molar-refractivity contribution in [2.24, 2.45) is 0 Å². The molecule has 92 heavy (non-hydrogen) atoms. The van der Waals surface area contributed by atoms with E-state index < -0.39 is 11.6 Å². The molecule has 6 aromatic rings. The van der Waals surface area contributed by atoms with Gasteiger partial charge in [0.05, 0.1) is 41.6 Å². The molecule has 2 aliphatic heterocycles. The summed E-state index contributed by atoms with van der Waals surface area (Å²) in [5.41, 5.74) is 4.05. The van der Waals surface area contributed by atoms with Gasteiger partial charge in [-0.2, -0.15) is 0 Å². The number of ether oxygens (including phenoxy) is 4. The number of halogens is 6. The second-order valence-electron chi connectivity index (χ2n) is 26.1.